The molecule has 2 atom stereocenters. The molecule has 0 spiro atoms. The third-order valence-corrected chi connectivity index (χ3v) is 5.27. The zero-order chi connectivity index (χ0) is 18.2. The first kappa shape index (κ1) is 22.5. The Morgan fingerprint density at radius 2 is 1.56 bits per heavy atom. The van der Waals surface area contributed by atoms with Gasteiger partial charge in [-0.15, -0.1) is 0 Å². The van der Waals surface area contributed by atoms with Gasteiger partial charge in [0, 0.05) is 6.42 Å². The van der Waals surface area contributed by atoms with Gasteiger partial charge in [0.05, 0.1) is 19.3 Å². The van der Waals surface area contributed by atoms with Crippen LogP contribution in [-0.4, -0.2) is 25.3 Å². The molecule has 0 aromatic carbocycles. The minimum Gasteiger partial charge on any atom is -0.466 e. The molecular weight excluding hydrogens is 312 g/mol. The molecule has 0 aromatic rings. The highest BCUT2D eigenvalue weighted by atomic mass is 16.6. The zero-order valence-corrected chi connectivity index (χ0v) is 16.9. The van der Waals surface area contributed by atoms with Gasteiger partial charge in [0.1, 0.15) is 0 Å². The standard InChI is InChI=1S/C22H42O3/c1-3-5-7-8-10-14-20(13-9-6-4-2)16-17-22(23)24-18-12-11-15-21-19-25-21/h20-21H,3-19H2,1-2H3. The Balaban J connectivity index is 2.07. The van der Waals surface area contributed by atoms with E-state index in [1.54, 1.807) is 0 Å². The van der Waals surface area contributed by atoms with Crippen molar-refractivity contribution in [1.29, 1.82) is 0 Å². The summed E-state index contributed by atoms with van der Waals surface area (Å²) < 4.78 is 10.6. The number of epoxide rings is 1. The van der Waals surface area contributed by atoms with E-state index in [9.17, 15) is 4.79 Å². The Morgan fingerprint density at radius 3 is 2.24 bits per heavy atom. The lowest BCUT2D eigenvalue weighted by atomic mass is 9.90. The summed E-state index contributed by atoms with van der Waals surface area (Å²) in [6, 6.07) is 0. The van der Waals surface area contributed by atoms with Gasteiger partial charge in [-0.25, -0.2) is 0 Å². The van der Waals surface area contributed by atoms with Crippen molar-refractivity contribution in [2.75, 3.05) is 13.2 Å². The Hall–Kier alpha value is -0.570. The lowest BCUT2D eigenvalue weighted by Crippen LogP contribution is -2.10. The lowest BCUT2D eigenvalue weighted by molar-refractivity contribution is -0.144. The monoisotopic (exact) mass is 354 g/mol. The molecule has 148 valence electrons. The molecular formula is C22H42O3. The van der Waals surface area contributed by atoms with E-state index < -0.39 is 0 Å². The van der Waals surface area contributed by atoms with E-state index in [0.717, 1.165) is 32.3 Å². The summed E-state index contributed by atoms with van der Waals surface area (Å²) in [6.45, 7) is 6.03. The molecule has 0 bridgehead atoms. The molecule has 0 aromatic heterocycles. The summed E-state index contributed by atoms with van der Waals surface area (Å²) in [4.78, 5) is 12.0. The maximum atomic E-state index is 12.0. The first-order chi connectivity index (χ1) is 12.3. The Labute approximate surface area is 156 Å². The number of hydrogen-bond donors (Lipinski definition) is 0. The number of carbonyl (C=O) groups is 1. The SMILES string of the molecule is CCCCCCCC(CCCCC)CCC(=O)OCCCCC1CO1. The summed E-state index contributed by atoms with van der Waals surface area (Å²) in [5.74, 6) is 0.724. The van der Waals surface area contributed by atoms with Crippen molar-refractivity contribution >= 4 is 5.97 Å². The maximum absolute atomic E-state index is 12.0. The van der Waals surface area contributed by atoms with E-state index in [4.69, 9.17) is 9.47 Å². The first-order valence-corrected chi connectivity index (χ1v) is 11.0. The Morgan fingerprint density at radius 1 is 0.920 bits per heavy atom. The van der Waals surface area contributed by atoms with Crippen molar-refractivity contribution in [3.63, 3.8) is 0 Å². The molecule has 0 aliphatic carbocycles. The number of carbonyl (C=O) groups excluding carboxylic acids is 1. The van der Waals surface area contributed by atoms with Crippen LogP contribution in [0.15, 0.2) is 0 Å². The van der Waals surface area contributed by atoms with Gasteiger partial charge >= 0.3 is 5.97 Å². The van der Waals surface area contributed by atoms with Crippen molar-refractivity contribution in [1.82, 2.24) is 0 Å². The minimum absolute atomic E-state index is 0.00847. The molecule has 1 rings (SSSR count). The van der Waals surface area contributed by atoms with Gasteiger partial charge in [-0.05, 0) is 31.6 Å². The van der Waals surface area contributed by atoms with Crippen molar-refractivity contribution in [3.05, 3.63) is 0 Å². The van der Waals surface area contributed by atoms with Crippen LogP contribution in [0.4, 0.5) is 0 Å². The summed E-state index contributed by atoms with van der Waals surface area (Å²) >= 11 is 0. The highest BCUT2D eigenvalue weighted by Gasteiger charge is 2.21. The first-order valence-electron chi connectivity index (χ1n) is 11.0. The van der Waals surface area contributed by atoms with E-state index >= 15 is 0 Å². The van der Waals surface area contributed by atoms with E-state index in [2.05, 4.69) is 13.8 Å². The van der Waals surface area contributed by atoms with Crippen LogP contribution in [0.3, 0.4) is 0 Å². The second-order valence-corrected chi connectivity index (χ2v) is 7.77. The van der Waals surface area contributed by atoms with Crippen LogP contribution in [0.2, 0.25) is 0 Å². The fourth-order valence-electron chi connectivity index (χ4n) is 3.44. The van der Waals surface area contributed by atoms with Gasteiger partial charge in [0.15, 0.2) is 0 Å². The average Bonchev–Trinajstić information content (AvgIpc) is 3.43. The van der Waals surface area contributed by atoms with Crippen molar-refractivity contribution in [2.45, 2.75) is 116 Å². The van der Waals surface area contributed by atoms with Crippen LogP contribution in [-0.2, 0) is 14.3 Å². The van der Waals surface area contributed by atoms with Crippen LogP contribution in [0.1, 0.15) is 110 Å². The largest absolute Gasteiger partial charge is 0.466 e. The van der Waals surface area contributed by atoms with Gasteiger partial charge < -0.3 is 9.47 Å². The van der Waals surface area contributed by atoms with Crippen LogP contribution >= 0.6 is 0 Å². The van der Waals surface area contributed by atoms with E-state index in [1.165, 1.54) is 64.2 Å². The molecule has 1 fully saturated rings. The molecule has 0 radical (unpaired) electrons. The maximum Gasteiger partial charge on any atom is 0.305 e. The number of hydrogen-bond acceptors (Lipinski definition) is 3. The molecule has 2 unspecified atom stereocenters. The third-order valence-electron chi connectivity index (χ3n) is 5.27. The molecule has 3 nitrogen and oxygen atoms in total. The fourth-order valence-corrected chi connectivity index (χ4v) is 3.44. The van der Waals surface area contributed by atoms with Crippen molar-refractivity contribution < 1.29 is 14.3 Å². The van der Waals surface area contributed by atoms with Crippen LogP contribution in [0.25, 0.3) is 0 Å². The number of esters is 1. The zero-order valence-electron chi connectivity index (χ0n) is 16.9. The van der Waals surface area contributed by atoms with Crippen molar-refractivity contribution in [2.24, 2.45) is 5.92 Å². The second kappa shape index (κ2) is 15.7. The molecule has 25 heavy (non-hydrogen) atoms. The van der Waals surface area contributed by atoms with Crippen LogP contribution in [0.5, 0.6) is 0 Å². The quantitative estimate of drug-likeness (QED) is 0.162. The third kappa shape index (κ3) is 14.3. The fraction of sp³-hybridized carbons (Fsp3) is 0.955. The normalized spacial score (nSPS) is 17.4. The van der Waals surface area contributed by atoms with Gasteiger partial charge in [0.25, 0.3) is 0 Å². The topological polar surface area (TPSA) is 38.8 Å². The summed E-state index contributed by atoms with van der Waals surface area (Å²) in [5.41, 5.74) is 0. The molecule has 0 saturated carbocycles. The Kier molecular flexibility index (Phi) is 14.1. The highest BCUT2D eigenvalue weighted by molar-refractivity contribution is 5.69. The summed E-state index contributed by atoms with van der Waals surface area (Å²) in [7, 11) is 0. The van der Waals surface area contributed by atoms with Crippen LogP contribution in [0, 0.1) is 5.92 Å². The van der Waals surface area contributed by atoms with Crippen LogP contribution < -0.4 is 0 Å². The molecule has 1 saturated heterocycles. The van der Waals surface area contributed by atoms with Gasteiger partial charge in [-0.1, -0.05) is 78.1 Å². The molecule has 1 heterocycles. The summed E-state index contributed by atoms with van der Waals surface area (Å²) in [5, 5.41) is 0. The van der Waals surface area contributed by atoms with E-state index in [-0.39, 0.29) is 5.97 Å². The molecule has 1 aliphatic heterocycles. The number of unbranched alkanes of at least 4 members (excludes halogenated alkanes) is 7. The lowest BCUT2D eigenvalue weighted by Gasteiger charge is -2.16. The molecule has 1 aliphatic rings. The second-order valence-electron chi connectivity index (χ2n) is 7.77. The Bertz CT molecular complexity index is 312. The molecule has 0 amide bonds. The average molecular weight is 355 g/mol. The van der Waals surface area contributed by atoms with Gasteiger partial charge in [-0.2, -0.15) is 0 Å². The minimum atomic E-state index is 0.00847. The van der Waals surface area contributed by atoms with Gasteiger partial charge in [-0.3, -0.25) is 4.79 Å². The van der Waals surface area contributed by atoms with Crippen molar-refractivity contribution in [3.8, 4) is 0 Å². The predicted octanol–water partition coefficient (Wildman–Crippen LogP) is 6.44. The molecule has 0 N–H and O–H groups in total. The van der Waals surface area contributed by atoms with E-state index in [0.29, 0.717) is 25.0 Å². The smallest absolute Gasteiger partial charge is 0.305 e. The van der Waals surface area contributed by atoms with E-state index in [1.807, 2.05) is 0 Å². The highest BCUT2D eigenvalue weighted by Crippen LogP contribution is 2.23. The molecule has 3 heteroatoms. The predicted molar refractivity (Wildman–Crippen MR) is 105 cm³/mol. The number of rotatable bonds is 18. The van der Waals surface area contributed by atoms with Gasteiger partial charge in [0.2, 0.25) is 0 Å². The summed E-state index contributed by atoms with van der Waals surface area (Å²) in [6.07, 6.45) is 18.5. The number of ether oxygens (including phenoxy) is 2.